The van der Waals surface area contributed by atoms with E-state index in [9.17, 15) is 4.79 Å². The zero-order chi connectivity index (χ0) is 14.0. The third-order valence-electron chi connectivity index (χ3n) is 2.37. The summed E-state index contributed by atoms with van der Waals surface area (Å²) < 4.78 is 5.49. The lowest BCUT2D eigenvalue weighted by atomic mass is 10.2. The van der Waals surface area contributed by atoms with Gasteiger partial charge in [-0.05, 0) is 24.3 Å². The summed E-state index contributed by atoms with van der Waals surface area (Å²) in [6, 6.07) is 9.11. The molecule has 6 heteroatoms. The first-order valence-corrected chi connectivity index (χ1v) is 5.99. The highest BCUT2D eigenvalue weighted by molar-refractivity contribution is 6.42. The van der Waals surface area contributed by atoms with Crippen LogP contribution in [0.15, 0.2) is 36.4 Å². The SMILES string of the molecule is Nc1ccc(C(=O)O)c(Oc2cccc(Cl)c2Cl)c1. The van der Waals surface area contributed by atoms with Gasteiger partial charge >= 0.3 is 5.97 Å². The highest BCUT2D eigenvalue weighted by atomic mass is 35.5. The van der Waals surface area contributed by atoms with E-state index in [0.29, 0.717) is 10.7 Å². The van der Waals surface area contributed by atoms with Crippen molar-refractivity contribution < 1.29 is 14.6 Å². The molecular formula is C13H9Cl2NO3. The molecule has 0 aliphatic rings. The molecule has 4 nitrogen and oxygen atoms in total. The molecule has 0 saturated heterocycles. The highest BCUT2D eigenvalue weighted by Crippen LogP contribution is 2.36. The van der Waals surface area contributed by atoms with Crippen LogP contribution in [-0.4, -0.2) is 11.1 Å². The zero-order valence-electron chi connectivity index (χ0n) is 9.56. The minimum absolute atomic E-state index is 0.00904. The van der Waals surface area contributed by atoms with E-state index in [-0.39, 0.29) is 22.1 Å². The molecule has 2 aromatic rings. The fourth-order valence-electron chi connectivity index (χ4n) is 1.48. The second-order valence-electron chi connectivity index (χ2n) is 3.71. The lowest BCUT2D eigenvalue weighted by Gasteiger charge is -2.11. The summed E-state index contributed by atoms with van der Waals surface area (Å²) in [6.45, 7) is 0. The van der Waals surface area contributed by atoms with E-state index in [2.05, 4.69) is 0 Å². The minimum Gasteiger partial charge on any atom is -0.478 e. The molecule has 98 valence electrons. The third kappa shape index (κ3) is 2.92. The Morgan fingerprint density at radius 2 is 1.89 bits per heavy atom. The first kappa shape index (κ1) is 13.5. The molecule has 3 N–H and O–H groups in total. The molecule has 0 radical (unpaired) electrons. The predicted molar refractivity (Wildman–Crippen MR) is 74.3 cm³/mol. The molecule has 0 aliphatic heterocycles. The van der Waals surface area contributed by atoms with Crippen LogP contribution in [0.1, 0.15) is 10.4 Å². The molecule has 2 rings (SSSR count). The fourth-order valence-corrected chi connectivity index (χ4v) is 1.81. The van der Waals surface area contributed by atoms with Gasteiger partial charge in [-0.15, -0.1) is 0 Å². The molecule has 0 aliphatic carbocycles. The second-order valence-corrected chi connectivity index (χ2v) is 4.50. The smallest absolute Gasteiger partial charge is 0.339 e. The number of aromatic carboxylic acids is 1. The molecule has 0 saturated carbocycles. The summed E-state index contributed by atoms with van der Waals surface area (Å²) in [5, 5.41) is 9.61. The maximum Gasteiger partial charge on any atom is 0.339 e. The zero-order valence-corrected chi connectivity index (χ0v) is 11.1. The van der Waals surface area contributed by atoms with Crippen molar-refractivity contribution in [3.8, 4) is 11.5 Å². The number of rotatable bonds is 3. The second kappa shape index (κ2) is 5.38. The molecule has 0 atom stereocenters. The van der Waals surface area contributed by atoms with Crippen LogP contribution in [-0.2, 0) is 0 Å². The lowest BCUT2D eigenvalue weighted by molar-refractivity contribution is 0.0694. The van der Waals surface area contributed by atoms with E-state index in [1.807, 2.05) is 0 Å². The number of nitrogens with two attached hydrogens (primary N) is 1. The molecule has 0 unspecified atom stereocenters. The van der Waals surface area contributed by atoms with Crippen LogP contribution < -0.4 is 10.5 Å². The van der Waals surface area contributed by atoms with Gasteiger partial charge in [-0.1, -0.05) is 29.3 Å². The maximum absolute atomic E-state index is 11.1. The van der Waals surface area contributed by atoms with Gasteiger partial charge in [0.15, 0.2) is 0 Å². The van der Waals surface area contributed by atoms with Crippen molar-refractivity contribution in [1.29, 1.82) is 0 Å². The van der Waals surface area contributed by atoms with E-state index in [1.165, 1.54) is 18.2 Å². The Labute approximate surface area is 119 Å². The summed E-state index contributed by atoms with van der Waals surface area (Å²) in [5.74, 6) is -0.743. The summed E-state index contributed by atoms with van der Waals surface area (Å²) in [7, 11) is 0. The number of hydrogen-bond donors (Lipinski definition) is 2. The van der Waals surface area contributed by atoms with Crippen molar-refractivity contribution >= 4 is 34.9 Å². The summed E-state index contributed by atoms with van der Waals surface area (Å²) in [5.41, 5.74) is 6.00. The Kier molecular flexibility index (Phi) is 3.83. The quantitative estimate of drug-likeness (QED) is 0.838. The van der Waals surface area contributed by atoms with Gasteiger partial charge in [-0.25, -0.2) is 4.79 Å². The number of anilines is 1. The van der Waals surface area contributed by atoms with E-state index in [0.717, 1.165) is 0 Å². The fraction of sp³-hybridized carbons (Fsp3) is 0. The molecule has 0 heterocycles. The summed E-state index contributed by atoms with van der Waals surface area (Å²) in [4.78, 5) is 11.1. The number of benzene rings is 2. The average molecular weight is 298 g/mol. The third-order valence-corrected chi connectivity index (χ3v) is 3.17. The number of halogens is 2. The standard InChI is InChI=1S/C13H9Cl2NO3/c14-9-2-1-3-10(12(9)15)19-11-6-7(16)4-5-8(11)13(17)18/h1-6H,16H2,(H,17,18). The molecule has 0 aromatic heterocycles. The normalized spacial score (nSPS) is 10.2. The van der Waals surface area contributed by atoms with Crippen LogP contribution in [0.5, 0.6) is 11.5 Å². The Morgan fingerprint density at radius 1 is 1.16 bits per heavy atom. The van der Waals surface area contributed by atoms with Crippen molar-refractivity contribution in [2.75, 3.05) is 5.73 Å². The molecule has 0 fully saturated rings. The molecule has 0 spiro atoms. The number of hydrogen-bond acceptors (Lipinski definition) is 3. The van der Waals surface area contributed by atoms with Gasteiger partial charge in [0, 0.05) is 11.8 Å². The van der Waals surface area contributed by atoms with Crippen molar-refractivity contribution in [3.63, 3.8) is 0 Å². The molecular weight excluding hydrogens is 289 g/mol. The predicted octanol–water partition coefficient (Wildman–Crippen LogP) is 4.07. The lowest BCUT2D eigenvalue weighted by Crippen LogP contribution is -2.01. The van der Waals surface area contributed by atoms with E-state index < -0.39 is 5.97 Å². The molecule has 19 heavy (non-hydrogen) atoms. The summed E-state index contributed by atoms with van der Waals surface area (Å²) >= 11 is 11.8. The van der Waals surface area contributed by atoms with Crippen molar-refractivity contribution in [2.45, 2.75) is 0 Å². The Bertz CT molecular complexity index is 644. The molecule has 2 aromatic carbocycles. The number of carboxylic acids is 1. The van der Waals surface area contributed by atoms with Gasteiger partial charge in [0.25, 0.3) is 0 Å². The number of carbonyl (C=O) groups is 1. The number of carboxylic acid groups (broad SMARTS) is 1. The van der Waals surface area contributed by atoms with Crippen LogP contribution in [0.3, 0.4) is 0 Å². The van der Waals surface area contributed by atoms with Crippen molar-refractivity contribution in [3.05, 3.63) is 52.0 Å². The van der Waals surface area contributed by atoms with Gasteiger partial charge in [-0.2, -0.15) is 0 Å². The first-order chi connectivity index (χ1) is 8.99. The Morgan fingerprint density at radius 3 is 2.58 bits per heavy atom. The van der Waals surface area contributed by atoms with Crippen LogP contribution >= 0.6 is 23.2 Å². The number of ether oxygens (including phenoxy) is 1. The van der Waals surface area contributed by atoms with Gasteiger partial charge in [0.2, 0.25) is 0 Å². The van der Waals surface area contributed by atoms with Crippen LogP contribution in [0.2, 0.25) is 10.0 Å². The highest BCUT2D eigenvalue weighted by Gasteiger charge is 2.14. The van der Waals surface area contributed by atoms with Crippen LogP contribution in [0, 0.1) is 0 Å². The molecule has 0 amide bonds. The average Bonchev–Trinajstić information content (AvgIpc) is 2.35. The monoisotopic (exact) mass is 297 g/mol. The van der Waals surface area contributed by atoms with E-state index in [4.69, 9.17) is 38.8 Å². The largest absolute Gasteiger partial charge is 0.478 e. The van der Waals surface area contributed by atoms with Gasteiger partial charge < -0.3 is 15.6 Å². The Balaban J connectivity index is 2.45. The maximum atomic E-state index is 11.1. The topological polar surface area (TPSA) is 72.6 Å². The van der Waals surface area contributed by atoms with Crippen molar-refractivity contribution in [1.82, 2.24) is 0 Å². The van der Waals surface area contributed by atoms with Crippen LogP contribution in [0.4, 0.5) is 5.69 Å². The Hall–Kier alpha value is -1.91. The van der Waals surface area contributed by atoms with E-state index in [1.54, 1.807) is 18.2 Å². The number of nitrogen functional groups attached to an aromatic ring is 1. The minimum atomic E-state index is -1.12. The van der Waals surface area contributed by atoms with Crippen molar-refractivity contribution in [2.24, 2.45) is 0 Å². The van der Waals surface area contributed by atoms with Gasteiger partial charge in [0.1, 0.15) is 22.1 Å². The van der Waals surface area contributed by atoms with Gasteiger partial charge in [0.05, 0.1) is 5.02 Å². The summed E-state index contributed by atoms with van der Waals surface area (Å²) in [6.07, 6.45) is 0. The molecule has 0 bridgehead atoms. The van der Waals surface area contributed by atoms with Gasteiger partial charge in [-0.3, -0.25) is 0 Å². The van der Waals surface area contributed by atoms with Crippen LogP contribution in [0.25, 0.3) is 0 Å². The first-order valence-electron chi connectivity index (χ1n) is 5.23. The van der Waals surface area contributed by atoms with E-state index >= 15 is 0 Å².